The Morgan fingerprint density at radius 2 is 1.97 bits per heavy atom. The number of anilines is 3. The first-order chi connectivity index (χ1) is 13.7. The van der Waals surface area contributed by atoms with Gasteiger partial charge >= 0.3 is 10.2 Å². The molecule has 29 heavy (non-hydrogen) atoms. The summed E-state index contributed by atoms with van der Waals surface area (Å²) in [5, 5.41) is 12.3. The van der Waals surface area contributed by atoms with Crippen molar-refractivity contribution in [2.75, 3.05) is 29.7 Å². The predicted octanol–water partition coefficient (Wildman–Crippen LogP) is 4.33. The quantitative estimate of drug-likeness (QED) is 0.462. The standard InChI is InChI=1S/C18H19ClF2IN3O3S/c19-13-8-12(22)3-5-15(13)23-18-16(6-4-14(20)17(18)21)24-29(27,28)25-7-1-2-11(9-25)10-26/h3-6,8,11,23-24,26H,1-2,7,9-10H2. The van der Waals surface area contributed by atoms with E-state index in [1.165, 1.54) is 4.31 Å². The summed E-state index contributed by atoms with van der Waals surface area (Å²) < 4.78 is 58.3. The van der Waals surface area contributed by atoms with Crippen LogP contribution in [0, 0.1) is 21.1 Å². The maximum atomic E-state index is 14.5. The second-order valence-corrected chi connectivity index (χ2v) is 10.0. The van der Waals surface area contributed by atoms with Crippen LogP contribution in [0.25, 0.3) is 0 Å². The van der Waals surface area contributed by atoms with Crippen LogP contribution in [0.1, 0.15) is 12.8 Å². The Balaban J connectivity index is 1.92. The fourth-order valence-electron chi connectivity index (χ4n) is 3.08. The van der Waals surface area contributed by atoms with Gasteiger partial charge in [-0.3, -0.25) is 4.72 Å². The zero-order valence-corrected chi connectivity index (χ0v) is 18.9. The molecule has 3 N–H and O–H groups in total. The molecule has 2 aromatic carbocycles. The number of nitrogens with zero attached hydrogens (tertiary/aromatic N) is 1. The Morgan fingerprint density at radius 1 is 1.24 bits per heavy atom. The first kappa shape index (κ1) is 22.5. The summed E-state index contributed by atoms with van der Waals surface area (Å²) in [7, 11) is -4.03. The van der Waals surface area contributed by atoms with Gasteiger partial charge < -0.3 is 10.4 Å². The van der Waals surface area contributed by atoms with Crippen LogP contribution in [0.2, 0.25) is 5.02 Å². The molecule has 1 fully saturated rings. The molecule has 0 bridgehead atoms. The maximum absolute atomic E-state index is 14.5. The average Bonchev–Trinajstić information content (AvgIpc) is 2.69. The van der Waals surface area contributed by atoms with E-state index in [1.807, 2.05) is 0 Å². The first-order valence-electron chi connectivity index (χ1n) is 8.80. The van der Waals surface area contributed by atoms with Crippen molar-refractivity contribution in [2.24, 2.45) is 5.92 Å². The molecular weight excluding hydrogens is 539 g/mol. The van der Waals surface area contributed by atoms with E-state index in [0.29, 0.717) is 12.1 Å². The zero-order valence-electron chi connectivity index (χ0n) is 15.1. The van der Waals surface area contributed by atoms with Crippen molar-refractivity contribution in [3.63, 3.8) is 0 Å². The highest BCUT2D eigenvalue weighted by molar-refractivity contribution is 14.1. The average molecular weight is 558 g/mol. The third-order valence-electron chi connectivity index (χ3n) is 4.60. The van der Waals surface area contributed by atoms with E-state index < -0.39 is 21.8 Å². The van der Waals surface area contributed by atoms with Gasteiger partial charge in [-0.2, -0.15) is 12.7 Å². The summed E-state index contributed by atoms with van der Waals surface area (Å²) in [4.78, 5) is 0. The molecule has 0 amide bonds. The van der Waals surface area contributed by atoms with E-state index in [-0.39, 0.29) is 42.0 Å². The number of hydrogen-bond donors (Lipinski definition) is 3. The van der Waals surface area contributed by atoms with E-state index in [4.69, 9.17) is 11.6 Å². The van der Waals surface area contributed by atoms with E-state index in [0.717, 1.165) is 22.1 Å². The fourth-order valence-corrected chi connectivity index (χ4v) is 5.34. The SMILES string of the molecule is O=S(=O)(Nc1ccc(F)c(F)c1Nc1ccc(I)cc1Cl)N1CCCC(CO)C1. The number of benzene rings is 2. The summed E-state index contributed by atoms with van der Waals surface area (Å²) >= 11 is 8.21. The summed E-state index contributed by atoms with van der Waals surface area (Å²) in [6.45, 7) is 0.317. The number of aliphatic hydroxyl groups is 1. The Morgan fingerprint density at radius 3 is 2.66 bits per heavy atom. The summed E-state index contributed by atoms with van der Waals surface area (Å²) in [5.74, 6) is -2.52. The number of hydrogen-bond acceptors (Lipinski definition) is 4. The molecule has 1 aliphatic rings. The van der Waals surface area contributed by atoms with Crippen LogP contribution in [-0.4, -0.2) is 37.5 Å². The molecule has 3 rings (SSSR count). The molecule has 0 radical (unpaired) electrons. The second kappa shape index (κ2) is 9.29. The van der Waals surface area contributed by atoms with E-state index in [9.17, 15) is 22.3 Å². The lowest BCUT2D eigenvalue weighted by Crippen LogP contribution is -2.43. The number of halogens is 4. The third-order valence-corrected chi connectivity index (χ3v) is 7.08. The Kier molecular flexibility index (Phi) is 7.20. The van der Waals surface area contributed by atoms with Crippen molar-refractivity contribution in [3.8, 4) is 0 Å². The summed E-state index contributed by atoms with van der Waals surface area (Å²) in [6, 6.07) is 6.93. The molecule has 11 heteroatoms. The number of rotatable bonds is 6. The molecule has 1 heterocycles. The lowest BCUT2D eigenvalue weighted by Gasteiger charge is -2.31. The third kappa shape index (κ3) is 5.29. The monoisotopic (exact) mass is 557 g/mol. The minimum Gasteiger partial charge on any atom is -0.396 e. The Hall–Kier alpha value is -1.21. The van der Waals surface area contributed by atoms with Crippen molar-refractivity contribution in [3.05, 3.63) is 50.6 Å². The second-order valence-electron chi connectivity index (χ2n) is 6.69. The van der Waals surface area contributed by atoms with Crippen LogP contribution >= 0.6 is 34.2 Å². The van der Waals surface area contributed by atoms with Crippen molar-refractivity contribution in [1.82, 2.24) is 4.31 Å². The van der Waals surface area contributed by atoms with Crippen molar-refractivity contribution in [1.29, 1.82) is 0 Å². The minimum absolute atomic E-state index is 0.116. The van der Waals surface area contributed by atoms with Gasteiger partial charge in [0, 0.05) is 23.3 Å². The number of piperidine rings is 1. The first-order valence-corrected chi connectivity index (χ1v) is 11.7. The highest BCUT2D eigenvalue weighted by Crippen LogP contribution is 2.34. The predicted molar refractivity (Wildman–Crippen MR) is 118 cm³/mol. The van der Waals surface area contributed by atoms with Gasteiger partial charge in [-0.05, 0) is 71.7 Å². The highest BCUT2D eigenvalue weighted by atomic mass is 127. The number of aliphatic hydroxyl groups excluding tert-OH is 1. The van der Waals surface area contributed by atoms with Gasteiger partial charge in [0.1, 0.15) is 5.69 Å². The topological polar surface area (TPSA) is 81.7 Å². The molecule has 0 saturated carbocycles. The minimum atomic E-state index is -4.03. The lowest BCUT2D eigenvalue weighted by molar-refractivity contribution is 0.166. The molecule has 0 spiro atoms. The van der Waals surface area contributed by atoms with Gasteiger partial charge in [0.05, 0.1) is 16.4 Å². The van der Waals surface area contributed by atoms with Gasteiger partial charge in [0.15, 0.2) is 11.6 Å². The summed E-state index contributed by atoms with van der Waals surface area (Å²) in [6.07, 6.45) is 1.33. The largest absolute Gasteiger partial charge is 0.396 e. The lowest BCUT2D eigenvalue weighted by atomic mass is 10.0. The van der Waals surface area contributed by atoms with Crippen LogP contribution < -0.4 is 10.0 Å². The normalized spacial score (nSPS) is 17.9. The molecule has 6 nitrogen and oxygen atoms in total. The molecular formula is C18H19ClF2IN3O3S. The van der Waals surface area contributed by atoms with Gasteiger partial charge in [-0.25, -0.2) is 8.78 Å². The zero-order chi connectivity index (χ0) is 21.2. The molecule has 1 aliphatic heterocycles. The van der Waals surface area contributed by atoms with Gasteiger partial charge in [-0.1, -0.05) is 11.6 Å². The molecule has 1 saturated heterocycles. The molecule has 0 aromatic heterocycles. The molecule has 2 aromatic rings. The van der Waals surface area contributed by atoms with Crippen LogP contribution in [0.5, 0.6) is 0 Å². The van der Waals surface area contributed by atoms with Crippen molar-refractivity contribution in [2.45, 2.75) is 12.8 Å². The number of nitrogens with one attached hydrogen (secondary N) is 2. The smallest absolute Gasteiger partial charge is 0.301 e. The van der Waals surface area contributed by atoms with Gasteiger partial charge in [-0.15, -0.1) is 0 Å². The molecule has 1 atom stereocenters. The van der Waals surface area contributed by atoms with Crippen LogP contribution in [0.4, 0.5) is 25.8 Å². The van der Waals surface area contributed by atoms with E-state index in [1.54, 1.807) is 18.2 Å². The Bertz CT molecular complexity index is 1010. The fraction of sp³-hybridized carbons (Fsp3) is 0.333. The van der Waals surface area contributed by atoms with Crippen LogP contribution in [-0.2, 0) is 10.2 Å². The van der Waals surface area contributed by atoms with Crippen molar-refractivity contribution < 1.29 is 22.3 Å². The maximum Gasteiger partial charge on any atom is 0.301 e. The molecule has 0 aliphatic carbocycles. The highest BCUT2D eigenvalue weighted by Gasteiger charge is 2.30. The summed E-state index contributed by atoms with van der Waals surface area (Å²) in [5.41, 5.74) is -0.215. The van der Waals surface area contributed by atoms with Gasteiger partial charge in [0.25, 0.3) is 0 Å². The van der Waals surface area contributed by atoms with Crippen LogP contribution in [0.15, 0.2) is 30.3 Å². The van der Waals surface area contributed by atoms with Crippen molar-refractivity contribution >= 4 is 61.5 Å². The Labute approximate surface area is 186 Å². The van der Waals surface area contributed by atoms with E-state index >= 15 is 0 Å². The van der Waals surface area contributed by atoms with Crippen LogP contribution in [0.3, 0.4) is 0 Å². The molecule has 1 unspecified atom stereocenters. The van der Waals surface area contributed by atoms with Gasteiger partial charge in [0.2, 0.25) is 0 Å². The molecule has 158 valence electrons. The van der Waals surface area contributed by atoms with E-state index in [2.05, 4.69) is 32.6 Å².